The SMILES string of the molecule is CN(CCCN)C(=O)c1ccc(OC(F)F)cc1. The fraction of sp³-hybridized carbons (Fsp3) is 0.417. The Kier molecular flexibility index (Phi) is 5.51. The molecule has 0 aliphatic rings. The van der Waals surface area contributed by atoms with Gasteiger partial charge in [0, 0.05) is 19.2 Å². The maximum absolute atomic E-state index is 11.9. The van der Waals surface area contributed by atoms with Crippen molar-refractivity contribution in [3.05, 3.63) is 29.8 Å². The molecule has 0 atom stereocenters. The van der Waals surface area contributed by atoms with E-state index < -0.39 is 6.61 Å². The van der Waals surface area contributed by atoms with Gasteiger partial charge < -0.3 is 15.4 Å². The van der Waals surface area contributed by atoms with Crippen molar-refractivity contribution in [3.63, 3.8) is 0 Å². The topological polar surface area (TPSA) is 55.6 Å². The Labute approximate surface area is 104 Å². The molecular weight excluding hydrogens is 242 g/mol. The monoisotopic (exact) mass is 258 g/mol. The molecule has 1 amide bonds. The van der Waals surface area contributed by atoms with Gasteiger partial charge in [-0.15, -0.1) is 0 Å². The predicted molar refractivity (Wildman–Crippen MR) is 63.7 cm³/mol. The minimum Gasteiger partial charge on any atom is -0.435 e. The van der Waals surface area contributed by atoms with Gasteiger partial charge in [-0.1, -0.05) is 0 Å². The van der Waals surface area contributed by atoms with Crippen LogP contribution >= 0.6 is 0 Å². The second-order valence-corrected chi connectivity index (χ2v) is 3.77. The molecule has 0 unspecified atom stereocenters. The standard InChI is InChI=1S/C12H16F2N2O2/c1-16(8-2-7-15)11(17)9-3-5-10(6-4-9)18-12(13)14/h3-6,12H,2,7-8,15H2,1H3. The Morgan fingerprint density at radius 2 is 2.00 bits per heavy atom. The van der Waals surface area contributed by atoms with E-state index in [1.54, 1.807) is 7.05 Å². The fourth-order valence-electron chi connectivity index (χ4n) is 1.43. The summed E-state index contributed by atoms with van der Waals surface area (Å²) in [5.74, 6) is -0.141. The maximum atomic E-state index is 11.9. The summed E-state index contributed by atoms with van der Waals surface area (Å²) in [6, 6.07) is 5.60. The van der Waals surface area contributed by atoms with Crippen LogP contribution in [0.5, 0.6) is 5.75 Å². The summed E-state index contributed by atoms with van der Waals surface area (Å²) in [5.41, 5.74) is 5.78. The average molecular weight is 258 g/mol. The number of hydrogen-bond donors (Lipinski definition) is 1. The predicted octanol–water partition coefficient (Wildman–Crippen LogP) is 1.71. The van der Waals surface area contributed by atoms with Crippen LogP contribution in [0.3, 0.4) is 0 Å². The molecule has 0 saturated carbocycles. The lowest BCUT2D eigenvalue weighted by Crippen LogP contribution is -2.28. The van der Waals surface area contributed by atoms with Crippen LogP contribution in [0.25, 0.3) is 0 Å². The first kappa shape index (κ1) is 14.4. The van der Waals surface area contributed by atoms with Crippen molar-refractivity contribution >= 4 is 5.91 Å². The third-order valence-electron chi connectivity index (χ3n) is 2.37. The molecule has 0 aliphatic carbocycles. The minimum atomic E-state index is -2.86. The number of nitrogens with two attached hydrogens (primary N) is 1. The molecule has 2 N–H and O–H groups in total. The molecular formula is C12H16F2N2O2. The number of hydrogen-bond acceptors (Lipinski definition) is 3. The van der Waals surface area contributed by atoms with E-state index in [1.165, 1.54) is 29.2 Å². The molecule has 1 rings (SSSR count). The van der Waals surface area contributed by atoms with Gasteiger partial charge in [-0.2, -0.15) is 8.78 Å². The van der Waals surface area contributed by atoms with Gasteiger partial charge in [0.05, 0.1) is 0 Å². The summed E-state index contributed by atoms with van der Waals surface area (Å²) in [7, 11) is 1.67. The van der Waals surface area contributed by atoms with E-state index in [2.05, 4.69) is 4.74 Å². The molecule has 1 aromatic carbocycles. The lowest BCUT2D eigenvalue weighted by molar-refractivity contribution is -0.0498. The van der Waals surface area contributed by atoms with Crippen LogP contribution in [0.4, 0.5) is 8.78 Å². The Balaban J connectivity index is 2.63. The van der Waals surface area contributed by atoms with Gasteiger partial charge in [0.25, 0.3) is 5.91 Å². The van der Waals surface area contributed by atoms with E-state index >= 15 is 0 Å². The maximum Gasteiger partial charge on any atom is 0.387 e. The fourth-order valence-corrected chi connectivity index (χ4v) is 1.43. The Hall–Kier alpha value is -1.69. The van der Waals surface area contributed by atoms with Crippen molar-refractivity contribution in [1.29, 1.82) is 0 Å². The summed E-state index contributed by atoms with van der Waals surface area (Å²) in [6.07, 6.45) is 0.717. The number of halogens is 2. The van der Waals surface area contributed by atoms with Crippen molar-refractivity contribution < 1.29 is 18.3 Å². The van der Waals surface area contributed by atoms with E-state index in [4.69, 9.17) is 5.73 Å². The van der Waals surface area contributed by atoms with E-state index in [0.717, 1.165) is 6.42 Å². The van der Waals surface area contributed by atoms with Crippen LogP contribution in [0.2, 0.25) is 0 Å². The van der Waals surface area contributed by atoms with Crippen LogP contribution in [0.15, 0.2) is 24.3 Å². The number of alkyl halides is 2. The summed E-state index contributed by atoms with van der Waals surface area (Å²) >= 11 is 0. The smallest absolute Gasteiger partial charge is 0.387 e. The highest BCUT2D eigenvalue weighted by Crippen LogP contribution is 2.15. The highest BCUT2D eigenvalue weighted by Gasteiger charge is 2.11. The van der Waals surface area contributed by atoms with Gasteiger partial charge in [0.15, 0.2) is 0 Å². The van der Waals surface area contributed by atoms with Crippen LogP contribution < -0.4 is 10.5 Å². The van der Waals surface area contributed by atoms with Crippen molar-refractivity contribution in [2.45, 2.75) is 13.0 Å². The highest BCUT2D eigenvalue weighted by molar-refractivity contribution is 5.94. The van der Waals surface area contributed by atoms with Crippen molar-refractivity contribution in [3.8, 4) is 5.75 Å². The highest BCUT2D eigenvalue weighted by atomic mass is 19.3. The van der Waals surface area contributed by atoms with E-state index in [0.29, 0.717) is 18.7 Å². The summed E-state index contributed by atoms with van der Waals surface area (Å²) in [6.45, 7) is -1.79. The van der Waals surface area contributed by atoms with Crippen molar-refractivity contribution in [1.82, 2.24) is 4.90 Å². The molecule has 0 aromatic heterocycles. The van der Waals surface area contributed by atoms with Gasteiger partial charge in [0.2, 0.25) is 0 Å². The zero-order chi connectivity index (χ0) is 13.5. The third kappa shape index (κ3) is 4.29. The summed E-state index contributed by atoms with van der Waals surface area (Å²) in [4.78, 5) is 13.4. The molecule has 0 spiro atoms. The first-order chi connectivity index (χ1) is 8.54. The molecule has 0 saturated heterocycles. The third-order valence-corrected chi connectivity index (χ3v) is 2.37. The molecule has 1 aromatic rings. The molecule has 0 fully saturated rings. The van der Waals surface area contributed by atoms with Crippen LogP contribution in [-0.4, -0.2) is 37.6 Å². The van der Waals surface area contributed by atoms with E-state index in [9.17, 15) is 13.6 Å². The number of benzene rings is 1. The van der Waals surface area contributed by atoms with Gasteiger partial charge in [-0.05, 0) is 37.2 Å². The lowest BCUT2D eigenvalue weighted by Gasteiger charge is -2.16. The van der Waals surface area contributed by atoms with E-state index in [1.807, 2.05) is 0 Å². The second kappa shape index (κ2) is 6.90. The van der Waals surface area contributed by atoms with Crippen molar-refractivity contribution in [2.75, 3.05) is 20.1 Å². The Morgan fingerprint density at radius 1 is 1.39 bits per heavy atom. The molecule has 6 heteroatoms. The number of carbonyl (C=O) groups excluding carboxylic acids is 1. The number of ether oxygens (including phenoxy) is 1. The molecule has 0 aliphatic heterocycles. The molecule has 0 bridgehead atoms. The first-order valence-corrected chi connectivity index (χ1v) is 5.55. The summed E-state index contributed by atoms with van der Waals surface area (Å²) < 4.78 is 28.1. The lowest BCUT2D eigenvalue weighted by atomic mass is 10.2. The normalized spacial score (nSPS) is 10.5. The molecule has 4 nitrogen and oxygen atoms in total. The minimum absolute atomic E-state index is 0.0335. The summed E-state index contributed by atoms with van der Waals surface area (Å²) in [5, 5.41) is 0. The van der Waals surface area contributed by atoms with Gasteiger partial charge in [-0.3, -0.25) is 4.79 Å². The second-order valence-electron chi connectivity index (χ2n) is 3.77. The van der Waals surface area contributed by atoms with Crippen LogP contribution in [0, 0.1) is 0 Å². The number of nitrogens with zero attached hydrogens (tertiary/aromatic N) is 1. The largest absolute Gasteiger partial charge is 0.435 e. The Morgan fingerprint density at radius 3 is 2.50 bits per heavy atom. The Bertz CT molecular complexity index is 382. The van der Waals surface area contributed by atoms with Crippen LogP contribution in [-0.2, 0) is 0 Å². The molecule has 0 heterocycles. The molecule has 0 radical (unpaired) electrons. The zero-order valence-corrected chi connectivity index (χ0v) is 10.1. The number of carbonyl (C=O) groups is 1. The molecule has 100 valence electrons. The van der Waals surface area contributed by atoms with Gasteiger partial charge in [-0.25, -0.2) is 0 Å². The first-order valence-electron chi connectivity index (χ1n) is 5.55. The average Bonchev–Trinajstić information content (AvgIpc) is 2.35. The molecule has 18 heavy (non-hydrogen) atoms. The van der Waals surface area contributed by atoms with Crippen LogP contribution in [0.1, 0.15) is 16.8 Å². The van der Waals surface area contributed by atoms with Gasteiger partial charge in [0.1, 0.15) is 5.75 Å². The number of rotatable bonds is 6. The van der Waals surface area contributed by atoms with E-state index in [-0.39, 0.29) is 11.7 Å². The number of amides is 1. The van der Waals surface area contributed by atoms with Crippen molar-refractivity contribution in [2.24, 2.45) is 5.73 Å². The van der Waals surface area contributed by atoms with Gasteiger partial charge >= 0.3 is 6.61 Å². The quantitative estimate of drug-likeness (QED) is 0.845. The zero-order valence-electron chi connectivity index (χ0n) is 10.1.